The number of carbonyl (C=O) groups is 1. The maximum atomic E-state index is 11.4. The van der Waals surface area contributed by atoms with E-state index >= 15 is 0 Å². The minimum Gasteiger partial charge on any atom is -0.508 e. The van der Waals surface area contributed by atoms with Crippen LogP contribution in [0.25, 0.3) is 0 Å². The standard InChI is InChI=1S/C10H14O.C9H16O3/c1-3-8(2)9-4-6-10(11)7-5-9;1-4-9(2,3)8(10)12-6-7-5-11-7/h4-8,11H,3H2,1-2H3;7H,4-6H2,1-3H3. The Morgan fingerprint density at radius 3 is 2.35 bits per heavy atom. The zero-order chi connectivity index (χ0) is 17.5. The fraction of sp³-hybridized carbons (Fsp3) is 0.632. The molecule has 1 heterocycles. The number of aromatic hydroxyl groups is 1. The highest BCUT2D eigenvalue weighted by atomic mass is 16.6. The van der Waals surface area contributed by atoms with E-state index in [-0.39, 0.29) is 17.5 Å². The van der Waals surface area contributed by atoms with Gasteiger partial charge in [-0.15, -0.1) is 0 Å². The fourth-order valence-corrected chi connectivity index (χ4v) is 1.71. The number of benzene rings is 1. The maximum Gasteiger partial charge on any atom is 0.311 e. The number of epoxide rings is 1. The lowest BCUT2D eigenvalue weighted by Gasteiger charge is -2.19. The summed E-state index contributed by atoms with van der Waals surface area (Å²) in [6.45, 7) is 11.3. The Labute approximate surface area is 139 Å². The van der Waals surface area contributed by atoms with E-state index in [1.54, 1.807) is 12.1 Å². The third-order valence-corrected chi connectivity index (χ3v) is 4.31. The van der Waals surface area contributed by atoms with Gasteiger partial charge in [-0.2, -0.15) is 0 Å². The van der Waals surface area contributed by atoms with E-state index in [0.29, 0.717) is 18.3 Å². The summed E-state index contributed by atoms with van der Waals surface area (Å²) in [4.78, 5) is 11.4. The summed E-state index contributed by atoms with van der Waals surface area (Å²) in [5.74, 6) is 0.813. The zero-order valence-corrected chi connectivity index (χ0v) is 15.0. The van der Waals surface area contributed by atoms with Gasteiger partial charge in [0, 0.05) is 0 Å². The first-order chi connectivity index (χ1) is 10.8. The van der Waals surface area contributed by atoms with Crippen molar-refractivity contribution in [2.24, 2.45) is 5.41 Å². The van der Waals surface area contributed by atoms with Gasteiger partial charge in [0.2, 0.25) is 0 Å². The second-order valence-corrected chi connectivity index (χ2v) is 6.69. The van der Waals surface area contributed by atoms with Gasteiger partial charge >= 0.3 is 5.97 Å². The maximum absolute atomic E-state index is 11.4. The molecule has 1 aliphatic rings. The Hall–Kier alpha value is -1.55. The number of ether oxygens (including phenoxy) is 2. The van der Waals surface area contributed by atoms with E-state index in [2.05, 4.69) is 13.8 Å². The summed E-state index contributed by atoms with van der Waals surface area (Å²) in [6.07, 6.45) is 2.11. The van der Waals surface area contributed by atoms with E-state index in [0.717, 1.165) is 19.4 Å². The van der Waals surface area contributed by atoms with Crippen LogP contribution >= 0.6 is 0 Å². The van der Waals surface area contributed by atoms with Gasteiger partial charge in [0.05, 0.1) is 12.0 Å². The van der Waals surface area contributed by atoms with Crippen LogP contribution in [0.4, 0.5) is 0 Å². The van der Waals surface area contributed by atoms with Gasteiger partial charge < -0.3 is 14.6 Å². The Kier molecular flexibility index (Phi) is 7.56. The van der Waals surface area contributed by atoms with Crippen LogP contribution in [0.2, 0.25) is 0 Å². The number of rotatable bonds is 6. The van der Waals surface area contributed by atoms with Crippen molar-refractivity contribution in [3.8, 4) is 5.75 Å². The van der Waals surface area contributed by atoms with Gasteiger partial charge in [-0.05, 0) is 50.3 Å². The summed E-state index contributed by atoms with van der Waals surface area (Å²) >= 11 is 0. The molecule has 0 bridgehead atoms. The topological polar surface area (TPSA) is 59.1 Å². The summed E-state index contributed by atoms with van der Waals surface area (Å²) in [7, 11) is 0. The average Bonchev–Trinajstić information content (AvgIpc) is 3.37. The van der Waals surface area contributed by atoms with Gasteiger partial charge in [0.1, 0.15) is 18.5 Å². The Balaban J connectivity index is 0.000000231. The van der Waals surface area contributed by atoms with Crippen molar-refractivity contribution in [1.82, 2.24) is 0 Å². The van der Waals surface area contributed by atoms with Crippen molar-refractivity contribution in [2.45, 2.75) is 59.5 Å². The molecule has 1 aromatic rings. The van der Waals surface area contributed by atoms with Crippen molar-refractivity contribution in [3.05, 3.63) is 29.8 Å². The van der Waals surface area contributed by atoms with Crippen molar-refractivity contribution in [3.63, 3.8) is 0 Å². The third kappa shape index (κ3) is 7.04. The SMILES string of the molecule is CCC(C)(C)C(=O)OCC1CO1.CCC(C)c1ccc(O)cc1. The molecule has 2 unspecified atom stereocenters. The molecule has 0 aromatic heterocycles. The average molecular weight is 322 g/mol. The molecule has 23 heavy (non-hydrogen) atoms. The van der Waals surface area contributed by atoms with E-state index < -0.39 is 0 Å². The van der Waals surface area contributed by atoms with Crippen LogP contribution in [-0.2, 0) is 14.3 Å². The molecule has 1 fully saturated rings. The molecule has 4 nitrogen and oxygen atoms in total. The Bertz CT molecular complexity index is 475. The molecule has 1 aromatic carbocycles. The molecule has 0 spiro atoms. The summed E-state index contributed by atoms with van der Waals surface area (Å²) in [5, 5.41) is 9.01. The number of esters is 1. The molecule has 2 atom stereocenters. The van der Waals surface area contributed by atoms with Crippen LogP contribution < -0.4 is 0 Å². The summed E-state index contributed by atoms with van der Waals surface area (Å²) < 4.78 is 9.99. The molecule has 1 N–H and O–H groups in total. The fourth-order valence-electron chi connectivity index (χ4n) is 1.71. The third-order valence-electron chi connectivity index (χ3n) is 4.31. The Morgan fingerprint density at radius 1 is 1.35 bits per heavy atom. The number of phenols is 1. The normalized spacial score (nSPS) is 17.7. The Morgan fingerprint density at radius 2 is 1.91 bits per heavy atom. The number of phenolic OH excluding ortho intramolecular Hbond substituents is 1. The molecule has 4 heteroatoms. The minimum atomic E-state index is -0.352. The highest BCUT2D eigenvalue weighted by Gasteiger charge is 2.30. The van der Waals surface area contributed by atoms with Gasteiger partial charge in [-0.25, -0.2) is 0 Å². The minimum absolute atomic E-state index is 0.125. The van der Waals surface area contributed by atoms with Crippen LogP contribution in [0.3, 0.4) is 0 Å². The second kappa shape index (κ2) is 8.92. The van der Waals surface area contributed by atoms with Gasteiger partial charge in [-0.3, -0.25) is 4.79 Å². The molecule has 2 rings (SSSR count). The van der Waals surface area contributed by atoms with E-state index in [4.69, 9.17) is 14.6 Å². The van der Waals surface area contributed by atoms with Crippen molar-refractivity contribution < 1.29 is 19.4 Å². The van der Waals surface area contributed by atoms with E-state index in [9.17, 15) is 4.79 Å². The highest BCUT2D eigenvalue weighted by Crippen LogP contribution is 2.22. The van der Waals surface area contributed by atoms with Crippen molar-refractivity contribution in [2.75, 3.05) is 13.2 Å². The highest BCUT2D eigenvalue weighted by molar-refractivity contribution is 5.75. The number of hydrogen-bond acceptors (Lipinski definition) is 4. The largest absolute Gasteiger partial charge is 0.508 e. The lowest BCUT2D eigenvalue weighted by atomic mass is 9.91. The molecule has 0 saturated carbocycles. The van der Waals surface area contributed by atoms with Gasteiger partial charge in [0.25, 0.3) is 0 Å². The van der Waals surface area contributed by atoms with Crippen molar-refractivity contribution in [1.29, 1.82) is 0 Å². The zero-order valence-electron chi connectivity index (χ0n) is 15.0. The molecule has 1 saturated heterocycles. The first kappa shape index (κ1) is 19.5. The first-order valence-electron chi connectivity index (χ1n) is 8.37. The van der Waals surface area contributed by atoms with Crippen LogP contribution in [0.5, 0.6) is 5.75 Å². The smallest absolute Gasteiger partial charge is 0.311 e. The van der Waals surface area contributed by atoms with Crippen LogP contribution in [-0.4, -0.2) is 30.4 Å². The first-order valence-corrected chi connectivity index (χ1v) is 8.37. The van der Waals surface area contributed by atoms with Crippen LogP contribution in [0, 0.1) is 5.41 Å². The van der Waals surface area contributed by atoms with E-state index in [1.807, 2.05) is 32.9 Å². The van der Waals surface area contributed by atoms with E-state index in [1.165, 1.54) is 5.56 Å². The van der Waals surface area contributed by atoms with Gasteiger partial charge in [-0.1, -0.05) is 32.9 Å². The lowest BCUT2D eigenvalue weighted by molar-refractivity contribution is -0.154. The van der Waals surface area contributed by atoms with Crippen LogP contribution in [0.1, 0.15) is 58.9 Å². The molecule has 0 aliphatic carbocycles. The molecule has 1 aliphatic heterocycles. The lowest BCUT2D eigenvalue weighted by Crippen LogP contribution is -2.27. The van der Waals surface area contributed by atoms with Gasteiger partial charge in [0.15, 0.2) is 0 Å². The molecular formula is C19H30O4. The molecular weight excluding hydrogens is 292 g/mol. The number of hydrogen-bond donors (Lipinski definition) is 1. The van der Waals surface area contributed by atoms with Crippen molar-refractivity contribution >= 4 is 5.97 Å². The summed E-state index contributed by atoms with van der Waals surface area (Å²) in [6, 6.07) is 7.43. The van der Waals surface area contributed by atoms with Crippen LogP contribution in [0.15, 0.2) is 24.3 Å². The number of carbonyl (C=O) groups excluding carboxylic acids is 1. The molecule has 0 amide bonds. The second-order valence-electron chi connectivity index (χ2n) is 6.69. The quantitative estimate of drug-likeness (QED) is 0.627. The molecule has 130 valence electrons. The predicted molar refractivity (Wildman–Crippen MR) is 91.6 cm³/mol. The molecule has 0 radical (unpaired) electrons. The monoisotopic (exact) mass is 322 g/mol. The summed E-state index contributed by atoms with van der Waals surface area (Å²) in [5.41, 5.74) is 0.944. The predicted octanol–water partition coefficient (Wildman–Crippen LogP) is 4.27.